The first kappa shape index (κ1) is 24.7. The first-order chi connectivity index (χ1) is 14.7. The highest BCUT2D eigenvalue weighted by atomic mass is 28.4. The lowest BCUT2D eigenvalue weighted by Crippen LogP contribution is -2.50. The average Bonchev–Trinajstić information content (AvgIpc) is 2.74. The zero-order valence-electron chi connectivity index (χ0n) is 19.6. The Labute approximate surface area is 188 Å². The van der Waals surface area contributed by atoms with Crippen molar-refractivity contribution < 1.29 is 14.0 Å². The van der Waals surface area contributed by atoms with Crippen molar-refractivity contribution in [3.05, 3.63) is 77.1 Å². The molecule has 0 aliphatic heterocycles. The van der Waals surface area contributed by atoms with E-state index < -0.39 is 14.2 Å². The van der Waals surface area contributed by atoms with Crippen LogP contribution >= 0.6 is 0 Å². The number of ether oxygens (including phenoxy) is 1. The van der Waals surface area contributed by atoms with Gasteiger partial charge >= 0.3 is 5.97 Å². The van der Waals surface area contributed by atoms with Crippen LogP contribution in [0.2, 0.25) is 16.6 Å². The zero-order chi connectivity index (χ0) is 23.0. The van der Waals surface area contributed by atoms with E-state index in [1.165, 1.54) is 0 Å². The van der Waals surface area contributed by atoms with E-state index >= 15 is 0 Å². The first-order valence-electron chi connectivity index (χ1n) is 11.0. The third-order valence-corrected chi connectivity index (χ3v) is 12.1. The number of carbonyl (C=O) groups is 1. The number of carbonyl (C=O) groups excluding carboxylic acids is 1. The smallest absolute Gasteiger partial charge is 0.321 e. The molecule has 2 rings (SSSR count). The Balaban J connectivity index is 2.18. The molecule has 0 saturated heterocycles. The molecule has 0 spiro atoms. The molecule has 0 amide bonds. The summed E-state index contributed by atoms with van der Waals surface area (Å²) in [5.74, 6) is -0.132. The van der Waals surface area contributed by atoms with Crippen molar-refractivity contribution in [2.75, 3.05) is 6.54 Å². The maximum atomic E-state index is 12.7. The fourth-order valence-corrected chi connectivity index (χ4v) is 9.81. The lowest BCUT2D eigenvalue weighted by atomic mass is 9.99. The van der Waals surface area contributed by atoms with Crippen molar-refractivity contribution in [2.24, 2.45) is 0 Å². The molecule has 0 saturated carbocycles. The van der Waals surface area contributed by atoms with Crippen molar-refractivity contribution in [1.82, 2.24) is 0 Å². The lowest BCUT2D eigenvalue weighted by Gasteiger charge is -2.42. The molecule has 166 valence electrons. The van der Waals surface area contributed by atoms with Crippen molar-refractivity contribution in [3.63, 3.8) is 0 Å². The van der Waals surface area contributed by atoms with Gasteiger partial charge < -0.3 is 14.0 Å². The van der Waals surface area contributed by atoms with Gasteiger partial charge in [0.2, 0.25) is 6.54 Å². The number of nitrogens with zero attached hydrogens (tertiary/aromatic N) is 1. The van der Waals surface area contributed by atoms with Crippen LogP contribution in [-0.2, 0) is 16.1 Å². The Hall–Kier alpha value is -2.58. The van der Waals surface area contributed by atoms with E-state index in [0.29, 0.717) is 16.6 Å². The molecule has 31 heavy (non-hydrogen) atoms. The molecule has 0 fully saturated rings. The van der Waals surface area contributed by atoms with Gasteiger partial charge in [0, 0.05) is 0 Å². The quantitative estimate of drug-likeness (QED) is 0.228. The summed E-state index contributed by atoms with van der Waals surface area (Å²) < 4.78 is 12.2. The molecular formula is C26H35NO3Si. The highest BCUT2D eigenvalue weighted by Gasteiger charge is 2.47. The summed E-state index contributed by atoms with van der Waals surface area (Å²) in [7, 11) is -2.04. The van der Waals surface area contributed by atoms with Crippen LogP contribution in [0.4, 0.5) is 0 Å². The highest BCUT2D eigenvalue weighted by Crippen LogP contribution is 2.42. The predicted molar refractivity (Wildman–Crippen MR) is 129 cm³/mol. The third-order valence-electron chi connectivity index (χ3n) is 6.07. The van der Waals surface area contributed by atoms with Gasteiger partial charge in [0.1, 0.15) is 12.4 Å². The Morgan fingerprint density at radius 3 is 1.94 bits per heavy atom. The molecule has 2 aromatic carbocycles. The number of esters is 1. The Bertz CT molecular complexity index is 848. The fourth-order valence-electron chi connectivity index (χ4n) is 4.56. The summed E-state index contributed by atoms with van der Waals surface area (Å²) in [6.07, 6.45) is 0. The van der Waals surface area contributed by atoms with Crippen LogP contribution in [0.15, 0.2) is 54.6 Å². The van der Waals surface area contributed by atoms with Crippen LogP contribution in [0.5, 0.6) is 5.75 Å². The van der Waals surface area contributed by atoms with E-state index in [0.717, 1.165) is 16.9 Å². The molecule has 0 aliphatic rings. The number of rotatable bonds is 10. The van der Waals surface area contributed by atoms with Gasteiger partial charge in [0.05, 0.1) is 0 Å². The lowest BCUT2D eigenvalue weighted by molar-refractivity contribution is -0.146. The van der Waals surface area contributed by atoms with E-state index in [4.69, 9.17) is 15.7 Å². The summed E-state index contributed by atoms with van der Waals surface area (Å²) in [6, 6.07) is 17.2. The molecule has 0 bridgehead atoms. The predicted octanol–water partition coefficient (Wildman–Crippen LogP) is 6.99. The minimum absolute atomic E-state index is 0.0660. The molecular weight excluding hydrogens is 402 g/mol. The largest absolute Gasteiger partial charge is 0.543 e. The van der Waals surface area contributed by atoms with Crippen LogP contribution in [0.1, 0.15) is 58.6 Å². The van der Waals surface area contributed by atoms with E-state index in [-0.39, 0.29) is 19.1 Å². The number of hydrogen-bond acceptors (Lipinski definition) is 3. The van der Waals surface area contributed by atoms with Crippen LogP contribution in [0.3, 0.4) is 0 Å². The molecule has 0 N–H and O–H groups in total. The summed E-state index contributed by atoms with van der Waals surface area (Å²) in [5, 5.41) is 0. The van der Waals surface area contributed by atoms with E-state index in [1.54, 1.807) is 0 Å². The number of hydrogen-bond donors (Lipinski definition) is 0. The van der Waals surface area contributed by atoms with E-state index in [2.05, 4.69) is 46.4 Å². The molecule has 4 nitrogen and oxygen atoms in total. The standard InChI is InChI=1S/C26H35NO3Si/c1-19(2)31(20(3)4,21(5)6)30-24-15-13-23(14-16-24)25(17-27-7)26(28)29-18-22-11-9-8-10-12-22/h8-16,19-21,25H,17-18H2,1-6H3. The van der Waals surface area contributed by atoms with Crippen LogP contribution in [-0.4, -0.2) is 20.8 Å². The second kappa shape index (κ2) is 11.2. The first-order valence-corrected chi connectivity index (χ1v) is 13.2. The zero-order valence-corrected chi connectivity index (χ0v) is 20.6. The van der Waals surface area contributed by atoms with E-state index in [1.807, 2.05) is 54.6 Å². The van der Waals surface area contributed by atoms with Gasteiger partial charge in [-0.1, -0.05) is 84.0 Å². The average molecular weight is 438 g/mol. The Morgan fingerprint density at radius 1 is 0.903 bits per heavy atom. The van der Waals surface area contributed by atoms with Crippen molar-refractivity contribution >= 4 is 14.3 Å². The molecule has 1 atom stereocenters. The minimum Gasteiger partial charge on any atom is -0.543 e. The van der Waals surface area contributed by atoms with E-state index in [9.17, 15) is 4.79 Å². The van der Waals surface area contributed by atoms with Gasteiger partial charge in [-0.25, -0.2) is 6.57 Å². The van der Waals surface area contributed by atoms with Gasteiger partial charge in [-0.3, -0.25) is 4.79 Å². The molecule has 2 aromatic rings. The summed E-state index contributed by atoms with van der Waals surface area (Å²) in [6.45, 7) is 21.1. The van der Waals surface area contributed by atoms with Gasteiger partial charge in [-0.05, 0) is 39.9 Å². The van der Waals surface area contributed by atoms with Crippen molar-refractivity contribution in [3.8, 4) is 5.75 Å². The molecule has 1 unspecified atom stereocenters. The summed E-state index contributed by atoms with van der Waals surface area (Å²) >= 11 is 0. The summed E-state index contributed by atoms with van der Waals surface area (Å²) in [4.78, 5) is 16.2. The fraction of sp³-hybridized carbons (Fsp3) is 0.462. The van der Waals surface area contributed by atoms with Crippen molar-refractivity contribution in [1.29, 1.82) is 0 Å². The highest BCUT2D eigenvalue weighted by molar-refractivity contribution is 6.78. The second-order valence-corrected chi connectivity index (χ2v) is 14.4. The van der Waals surface area contributed by atoms with Crippen LogP contribution in [0.25, 0.3) is 4.85 Å². The maximum absolute atomic E-state index is 12.7. The van der Waals surface area contributed by atoms with Crippen molar-refractivity contribution in [2.45, 2.75) is 70.7 Å². The Morgan fingerprint density at radius 2 is 1.45 bits per heavy atom. The third kappa shape index (κ3) is 5.98. The SMILES string of the molecule is [C-]#[N+]CC(C(=O)OCc1ccccc1)c1ccc(O[Si](C(C)C)(C(C)C)C(C)C)cc1. The van der Waals surface area contributed by atoms with Gasteiger partial charge in [-0.2, -0.15) is 0 Å². The molecule has 0 radical (unpaired) electrons. The molecule has 5 heteroatoms. The topological polar surface area (TPSA) is 39.9 Å². The minimum atomic E-state index is -2.04. The van der Waals surface area contributed by atoms with Gasteiger partial charge in [0.25, 0.3) is 8.32 Å². The molecule has 0 aliphatic carbocycles. The monoisotopic (exact) mass is 437 g/mol. The summed E-state index contributed by atoms with van der Waals surface area (Å²) in [5.41, 5.74) is 3.16. The van der Waals surface area contributed by atoms with Gasteiger partial charge in [0.15, 0.2) is 5.92 Å². The number of benzene rings is 2. The Kier molecular flexibility index (Phi) is 8.88. The van der Waals surface area contributed by atoms with Crippen LogP contribution < -0.4 is 4.43 Å². The second-order valence-electron chi connectivity index (χ2n) is 8.98. The van der Waals surface area contributed by atoms with Crippen LogP contribution in [0, 0.1) is 6.57 Å². The molecule has 0 heterocycles. The molecule has 0 aromatic heterocycles. The maximum Gasteiger partial charge on any atom is 0.321 e. The normalized spacial score (nSPS) is 12.6. The van der Waals surface area contributed by atoms with Gasteiger partial charge in [-0.15, -0.1) is 0 Å².